The Labute approximate surface area is 159 Å². The molecule has 1 unspecified atom stereocenters. The van der Waals surface area contributed by atoms with Gasteiger partial charge in [0.2, 0.25) is 5.91 Å². The number of carbonyl (C=O) groups is 2. The SMILES string of the molecule is CC(=O)c1ccc(NC(=O)C(C)SCc2ccc(OC(F)(F)F)cc2)cc1. The lowest BCUT2D eigenvalue weighted by Crippen LogP contribution is -2.22. The maximum Gasteiger partial charge on any atom is 0.573 e. The number of hydrogen-bond donors (Lipinski definition) is 1. The largest absolute Gasteiger partial charge is 0.573 e. The first-order valence-electron chi connectivity index (χ1n) is 8.02. The van der Waals surface area contributed by atoms with Crippen LogP contribution < -0.4 is 10.1 Å². The number of ketones is 1. The maximum absolute atomic E-state index is 12.2. The van der Waals surface area contributed by atoms with Crippen LogP contribution in [0.15, 0.2) is 48.5 Å². The molecule has 2 aromatic carbocycles. The van der Waals surface area contributed by atoms with Gasteiger partial charge in [-0.25, -0.2) is 0 Å². The molecule has 0 saturated carbocycles. The smallest absolute Gasteiger partial charge is 0.406 e. The average molecular weight is 397 g/mol. The van der Waals surface area contributed by atoms with Crippen LogP contribution in [0.4, 0.5) is 18.9 Å². The molecular formula is C19H18F3NO3S. The fraction of sp³-hybridized carbons (Fsp3) is 0.263. The Bertz CT molecular complexity index is 789. The first-order chi connectivity index (χ1) is 12.6. The topological polar surface area (TPSA) is 55.4 Å². The minimum atomic E-state index is -4.72. The minimum Gasteiger partial charge on any atom is -0.406 e. The molecule has 0 aliphatic heterocycles. The van der Waals surface area contributed by atoms with Crippen molar-refractivity contribution in [1.29, 1.82) is 0 Å². The van der Waals surface area contributed by atoms with Gasteiger partial charge in [0.15, 0.2) is 5.78 Å². The molecule has 0 radical (unpaired) electrons. The first kappa shape index (κ1) is 20.8. The molecule has 144 valence electrons. The van der Waals surface area contributed by atoms with Crippen LogP contribution in [0.1, 0.15) is 29.8 Å². The van der Waals surface area contributed by atoms with Crippen molar-refractivity contribution in [3.05, 3.63) is 59.7 Å². The molecule has 0 saturated heterocycles. The number of halogens is 3. The van der Waals surface area contributed by atoms with Gasteiger partial charge in [-0.1, -0.05) is 12.1 Å². The van der Waals surface area contributed by atoms with Gasteiger partial charge in [-0.05, 0) is 55.8 Å². The molecule has 1 atom stereocenters. The van der Waals surface area contributed by atoms with Crippen LogP contribution in [-0.2, 0) is 10.5 Å². The highest BCUT2D eigenvalue weighted by Crippen LogP contribution is 2.25. The number of Topliss-reactive ketones (excluding diaryl/α,β-unsaturated/α-hetero) is 1. The van der Waals surface area contributed by atoms with E-state index in [1.165, 1.54) is 43.0 Å². The van der Waals surface area contributed by atoms with Crippen molar-refractivity contribution in [2.45, 2.75) is 31.2 Å². The molecule has 0 spiro atoms. The molecule has 0 heterocycles. The third-order valence-electron chi connectivity index (χ3n) is 3.59. The van der Waals surface area contributed by atoms with Crippen molar-refractivity contribution in [3.63, 3.8) is 0 Å². The summed E-state index contributed by atoms with van der Waals surface area (Å²) in [7, 11) is 0. The highest BCUT2D eigenvalue weighted by atomic mass is 32.2. The molecule has 27 heavy (non-hydrogen) atoms. The van der Waals surface area contributed by atoms with E-state index >= 15 is 0 Å². The zero-order valence-electron chi connectivity index (χ0n) is 14.7. The van der Waals surface area contributed by atoms with Crippen LogP contribution in [0.5, 0.6) is 5.75 Å². The predicted octanol–water partition coefficient (Wildman–Crippen LogP) is 5.05. The van der Waals surface area contributed by atoms with Gasteiger partial charge in [0.1, 0.15) is 5.75 Å². The molecule has 2 rings (SSSR count). The zero-order valence-corrected chi connectivity index (χ0v) is 15.5. The summed E-state index contributed by atoms with van der Waals surface area (Å²) >= 11 is 1.35. The minimum absolute atomic E-state index is 0.0524. The number of anilines is 1. The summed E-state index contributed by atoms with van der Waals surface area (Å²) in [6.45, 7) is 3.21. The predicted molar refractivity (Wildman–Crippen MR) is 99.0 cm³/mol. The number of benzene rings is 2. The van der Waals surface area contributed by atoms with E-state index in [1.54, 1.807) is 31.2 Å². The van der Waals surface area contributed by atoms with Gasteiger partial charge in [0, 0.05) is 17.0 Å². The summed E-state index contributed by atoms with van der Waals surface area (Å²) in [6, 6.07) is 12.1. The first-order valence-corrected chi connectivity index (χ1v) is 9.07. The third-order valence-corrected chi connectivity index (χ3v) is 4.80. The van der Waals surface area contributed by atoms with Crippen LogP contribution in [-0.4, -0.2) is 23.3 Å². The summed E-state index contributed by atoms with van der Waals surface area (Å²) in [5, 5.41) is 2.39. The highest BCUT2D eigenvalue weighted by Gasteiger charge is 2.30. The highest BCUT2D eigenvalue weighted by molar-refractivity contribution is 7.99. The molecule has 0 fully saturated rings. The van der Waals surface area contributed by atoms with Crippen molar-refractivity contribution < 1.29 is 27.5 Å². The number of carbonyl (C=O) groups excluding carboxylic acids is 2. The van der Waals surface area contributed by atoms with E-state index in [1.807, 2.05) is 0 Å². The van der Waals surface area contributed by atoms with Crippen LogP contribution in [0.3, 0.4) is 0 Å². The molecule has 0 bridgehead atoms. The fourth-order valence-corrected chi connectivity index (χ4v) is 2.96. The van der Waals surface area contributed by atoms with E-state index in [4.69, 9.17) is 0 Å². The van der Waals surface area contributed by atoms with E-state index < -0.39 is 6.36 Å². The second-order valence-electron chi connectivity index (χ2n) is 5.77. The van der Waals surface area contributed by atoms with E-state index in [2.05, 4.69) is 10.1 Å². The van der Waals surface area contributed by atoms with E-state index in [-0.39, 0.29) is 22.7 Å². The summed E-state index contributed by atoms with van der Waals surface area (Å²) in [5.74, 6) is -0.0726. The molecule has 0 aliphatic carbocycles. The number of rotatable bonds is 7. The number of ether oxygens (including phenoxy) is 1. The van der Waals surface area contributed by atoms with Gasteiger partial charge >= 0.3 is 6.36 Å². The molecule has 1 amide bonds. The second-order valence-corrected chi connectivity index (χ2v) is 7.10. The monoisotopic (exact) mass is 397 g/mol. The normalized spacial score (nSPS) is 12.3. The van der Waals surface area contributed by atoms with Crippen molar-refractivity contribution in [3.8, 4) is 5.75 Å². The van der Waals surface area contributed by atoms with Crippen LogP contribution >= 0.6 is 11.8 Å². The zero-order chi connectivity index (χ0) is 20.0. The molecule has 0 aromatic heterocycles. The van der Waals surface area contributed by atoms with Gasteiger partial charge in [0.25, 0.3) is 0 Å². The summed E-state index contributed by atoms with van der Waals surface area (Å²) < 4.78 is 40.2. The Morgan fingerprint density at radius 1 is 1.07 bits per heavy atom. The molecular weight excluding hydrogens is 379 g/mol. The van der Waals surface area contributed by atoms with E-state index in [0.717, 1.165) is 5.56 Å². The van der Waals surface area contributed by atoms with Crippen LogP contribution in [0.25, 0.3) is 0 Å². The molecule has 2 aromatic rings. The summed E-state index contributed by atoms with van der Waals surface area (Å²) in [4.78, 5) is 23.5. The van der Waals surface area contributed by atoms with Crippen LogP contribution in [0.2, 0.25) is 0 Å². The number of hydrogen-bond acceptors (Lipinski definition) is 4. The van der Waals surface area contributed by atoms with Crippen LogP contribution in [0, 0.1) is 0 Å². The Morgan fingerprint density at radius 3 is 2.19 bits per heavy atom. The lowest BCUT2D eigenvalue weighted by Gasteiger charge is -2.13. The second kappa shape index (κ2) is 8.94. The number of thioether (sulfide) groups is 1. The van der Waals surface area contributed by atoms with Crippen molar-refractivity contribution in [2.75, 3.05) is 5.32 Å². The van der Waals surface area contributed by atoms with Gasteiger partial charge in [-0.15, -0.1) is 24.9 Å². The standard InChI is InChI=1S/C19H18F3NO3S/c1-12(24)15-5-7-16(8-6-15)23-18(25)13(2)27-11-14-3-9-17(10-4-14)26-19(20,21)22/h3-10,13H,11H2,1-2H3,(H,23,25). The number of amides is 1. The summed E-state index contributed by atoms with van der Waals surface area (Å²) in [6.07, 6.45) is -4.72. The van der Waals surface area contributed by atoms with Gasteiger partial charge in [0.05, 0.1) is 5.25 Å². The van der Waals surface area contributed by atoms with Gasteiger partial charge in [-0.3, -0.25) is 9.59 Å². The van der Waals surface area contributed by atoms with Crippen molar-refractivity contribution >= 4 is 29.1 Å². The summed E-state index contributed by atoms with van der Waals surface area (Å²) in [5.41, 5.74) is 1.93. The van der Waals surface area contributed by atoms with E-state index in [0.29, 0.717) is 17.0 Å². The average Bonchev–Trinajstić information content (AvgIpc) is 2.60. The molecule has 4 nitrogen and oxygen atoms in total. The van der Waals surface area contributed by atoms with E-state index in [9.17, 15) is 22.8 Å². The number of nitrogens with one attached hydrogen (secondary N) is 1. The molecule has 8 heteroatoms. The van der Waals surface area contributed by atoms with Crippen molar-refractivity contribution in [2.24, 2.45) is 0 Å². The van der Waals surface area contributed by atoms with Gasteiger partial charge < -0.3 is 10.1 Å². The molecule has 0 aliphatic rings. The lowest BCUT2D eigenvalue weighted by molar-refractivity contribution is -0.274. The molecule has 1 N–H and O–H groups in total. The maximum atomic E-state index is 12.2. The Hall–Kier alpha value is -2.48. The number of alkyl halides is 3. The Morgan fingerprint density at radius 2 is 1.67 bits per heavy atom. The Balaban J connectivity index is 1.84. The lowest BCUT2D eigenvalue weighted by atomic mass is 10.1. The Kier molecular flexibility index (Phi) is 6.90. The quantitative estimate of drug-likeness (QED) is 0.665. The fourth-order valence-electron chi connectivity index (χ4n) is 2.12. The van der Waals surface area contributed by atoms with Crippen molar-refractivity contribution in [1.82, 2.24) is 0 Å². The third kappa shape index (κ3) is 6.97. The van der Waals surface area contributed by atoms with Gasteiger partial charge in [-0.2, -0.15) is 0 Å².